The van der Waals surface area contributed by atoms with Crippen LogP contribution in [0.1, 0.15) is 0 Å². The Morgan fingerprint density at radius 1 is 1.44 bits per heavy atom. The van der Waals surface area contributed by atoms with Gasteiger partial charge in [0.25, 0.3) is 0 Å². The second kappa shape index (κ2) is 5.86. The van der Waals surface area contributed by atoms with Gasteiger partial charge in [0.15, 0.2) is 0 Å². The van der Waals surface area contributed by atoms with Crippen LogP contribution in [0.25, 0.3) is 0 Å². The molecule has 1 aromatic rings. The van der Waals surface area contributed by atoms with E-state index in [-0.39, 0.29) is 5.75 Å². The van der Waals surface area contributed by atoms with Crippen molar-refractivity contribution in [3.05, 3.63) is 27.7 Å². The first-order valence-electron chi connectivity index (χ1n) is 4.55. The topological polar surface area (TPSA) is 58.2 Å². The lowest BCUT2D eigenvalue weighted by atomic mass is 10.3. The van der Waals surface area contributed by atoms with Crippen molar-refractivity contribution in [2.24, 2.45) is 0 Å². The third-order valence-electron chi connectivity index (χ3n) is 1.81. The van der Waals surface area contributed by atoms with E-state index in [1.165, 1.54) is 0 Å². The molecule has 7 heteroatoms. The number of halogens is 2. The Morgan fingerprint density at radius 2 is 2.12 bits per heavy atom. The van der Waals surface area contributed by atoms with Gasteiger partial charge in [-0.05, 0) is 41.2 Å². The van der Waals surface area contributed by atoms with E-state index in [2.05, 4.69) is 26.0 Å². The number of sulfonamides is 1. The maximum absolute atomic E-state index is 11.6. The lowest BCUT2D eigenvalue weighted by Crippen LogP contribution is -2.24. The lowest BCUT2D eigenvalue weighted by Gasteiger charge is -2.09. The first-order chi connectivity index (χ1) is 7.44. The summed E-state index contributed by atoms with van der Waals surface area (Å²) in [6.07, 6.45) is 0. The molecule has 1 aromatic carbocycles. The van der Waals surface area contributed by atoms with Gasteiger partial charge in [0.2, 0.25) is 10.0 Å². The Kier molecular flexibility index (Phi) is 5.04. The molecular weight excluding hydrogens is 316 g/mol. The summed E-state index contributed by atoms with van der Waals surface area (Å²) in [6.45, 7) is 0.396. The van der Waals surface area contributed by atoms with Gasteiger partial charge in [0.1, 0.15) is 0 Å². The Morgan fingerprint density at radius 3 is 2.75 bits per heavy atom. The molecule has 0 atom stereocenters. The molecule has 90 valence electrons. The van der Waals surface area contributed by atoms with Crippen molar-refractivity contribution in [3.8, 4) is 0 Å². The maximum Gasteiger partial charge on any atom is 0.234 e. The van der Waals surface area contributed by atoms with Gasteiger partial charge in [-0.1, -0.05) is 11.6 Å². The molecule has 1 rings (SSSR count). The van der Waals surface area contributed by atoms with E-state index in [0.717, 1.165) is 0 Å². The average molecular weight is 328 g/mol. The van der Waals surface area contributed by atoms with Crippen LogP contribution in [-0.4, -0.2) is 27.8 Å². The standard InChI is InChI=1S/C9H12BrClN2O2S/c1-12-4-5-16(14,15)13-9-6-7(11)2-3-8(9)10/h2-3,6,12-13H,4-5H2,1H3. The second-order valence-corrected chi connectivity index (χ2v) is 6.28. The van der Waals surface area contributed by atoms with Crippen LogP contribution in [0.5, 0.6) is 0 Å². The number of hydrogen-bond acceptors (Lipinski definition) is 3. The molecule has 0 aromatic heterocycles. The van der Waals surface area contributed by atoms with Gasteiger partial charge >= 0.3 is 0 Å². The Bertz CT molecular complexity index is 465. The molecule has 2 N–H and O–H groups in total. The molecule has 0 heterocycles. The summed E-state index contributed by atoms with van der Waals surface area (Å²) in [5.41, 5.74) is 0.448. The Hall–Kier alpha value is -0.300. The molecular formula is C9H12BrClN2O2S. The van der Waals surface area contributed by atoms with Crippen molar-refractivity contribution >= 4 is 43.2 Å². The Balaban J connectivity index is 2.83. The fourth-order valence-corrected chi connectivity index (χ4v) is 2.76. The third-order valence-corrected chi connectivity index (χ3v) is 4.01. The molecule has 0 aliphatic heterocycles. The normalized spacial score (nSPS) is 11.4. The Labute approximate surface area is 109 Å². The summed E-state index contributed by atoms with van der Waals surface area (Å²) >= 11 is 9.03. The van der Waals surface area contributed by atoms with Gasteiger partial charge < -0.3 is 5.32 Å². The molecule has 0 radical (unpaired) electrons. The van der Waals surface area contributed by atoms with Crippen LogP contribution in [0.3, 0.4) is 0 Å². The van der Waals surface area contributed by atoms with Crippen molar-refractivity contribution in [1.29, 1.82) is 0 Å². The summed E-state index contributed by atoms with van der Waals surface area (Å²) in [5.74, 6) is 0.0163. The monoisotopic (exact) mass is 326 g/mol. The predicted molar refractivity (Wildman–Crippen MR) is 70.5 cm³/mol. The number of rotatable bonds is 5. The van der Waals surface area contributed by atoms with Crippen LogP contribution >= 0.6 is 27.5 Å². The van der Waals surface area contributed by atoms with Gasteiger partial charge in [0.05, 0.1) is 11.4 Å². The molecule has 0 fully saturated rings. The molecule has 0 saturated heterocycles. The minimum absolute atomic E-state index is 0.0163. The quantitative estimate of drug-likeness (QED) is 0.870. The van der Waals surface area contributed by atoms with E-state index in [4.69, 9.17) is 11.6 Å². The summed E-state index contributed by atoms with van der Waals surface area (Å²) < 4.78 is 26.3. The van der Waals surface area contributed by atoms with Gasteiger partial charge in [-0.3, -0.25) is 4.72 Å². The van der Waals surface area contributed by atoms with Crippen molar-refractivity contribution in [2.45, 2.75) is 0 Å². The average Bonchev–Trinajstić information content (AvgIpc) is 2.20. The molecule has 0 amide bonds. The zero-order valence-corrected chi connectivity index (χ0v) is 11.8. The predicted octanol–water partition coefficient (Wildman–Crippen LogP) is 2.06. The zero-order chi connectivity index (χ0) is 12.2. The van der Waals surface area contributed by atoms with Crippen LogP contribution < -0.4 is 10.0 Å². The molecule has 0 spiro atoms. The van der Waals surface area contributed by atoms with E-state index in [1.54, 1.807) is 25.2 Å². The highest BCUT2D eigenvalue weighted by Crippen LogP contribution is 2.26. The fourth-order valence-electron chi connectivity index (χ4n) is 1.03. The van der Waals surface area contributed by atoms with E-state index < -0.39 is 10.0 Å². The van der Waals surface area contributed by atoms with Crippen molar-refractivity contribution in [3.63, 3.8) is 0 Å². The summed E-state index contributed by atoms with van der Waals surface area (Å²) in [4.78, 5) is 0. The highest BCUT2D eigenvalue weighted by Gasteiger charge is 2.11. The van der Waals surface area contributed by atoms with Crippen molar-refractivity contribution < 1.29 is 8.42 Å². The largest absolute Gasteiger partial charge is 0.319 e. The molecule has 0 aliphatic rings. The first kappa shape index (κ1) is 13.8. The van der Waals surface area contributed by atoms with E-state index in [0.29, 0.717) is 21.7 Å². The van der Waals surface area contributed by atoms with Gasteiger partial charge in [-0.15, -0.1) is 0 Å². The van der Waals surface area contributed by atoms with Crippen molar-refractivity contribution in [2.75, 3.05) is 24.1 Å². The summed E-state index contributed by atoms with van der Waals surface area (Å²) in [5, 5.41) is 3.26. The SMILES string of the molecule is CNCCS(=O)(=O)Nc1cc(Cl)ccc1Br. The number of nitrogens with one attached hydrogen (secondary N) is 2. The summed E-state index contributed by atoms with van der Waals surface area (Å²) in [6, 6.07) is 4.93. The van der Waals surface area contributed by atoms with Crippen LogP contribution in [-0.2, 0) is 10.0 Å². The zero-order valence-electron chi connectivity index (χ0n) is 8.63. The van der Waals surface area contributed by atoms with E-state index in [1.807, 2.05) is 0 Å². The molecule has 0 bridgehead atoms. The number of benzene rings is 1. The lowest BCUT2D eigenvalue weighted by molar-refractivity contribution is 0.598. The third kappa shape index (κ3) is 4.29. The highest BCUT2D eigenvalue weighted by molar-refractivity contribution is 9.10. The maximum atomic E-state index is 11.6. The minimum atomic E-state index is -3.34. The number of hydrogen-bond donors (Lipinski definition) is 2. The minimum Gasteiger partial charge on any atom is -0.319 e. The molecule has 0 unspecified atom stereocenters. The van der Waals surface area contributed by atoms with Crippen molar-refractivity contribution in [1.82, 2.24) is 5.32 Å². The summed E-state index contributed by atoms with van der Waals surface area (Å²) in [7, 11) is -1.64. The molecule has 4 nitrogen and oxygen atoms in total. The van der Waals surface area contributed by atoms with Gasteiger partial charge in [0, 0.05) is 16.0 Å². The second-order valence-electron chi connectivity index (χ2n) is 3.15. The molecule has 0 aliphatic carbocycles. The highest BCUT2D eigenvalue weighted by atomic mass is 79.9. The molecule has 16 heavy (non-hydrogen) atoms. The van der Waals surface area contributed by atoms with Crippen LogP contribution in [0.2, 0.25) is 5.02 Å². The van der Waals surface area contributed by atoms with Gasteiger partial charge in [-0.25, -0.2) is 8.42 Å². The number of anilines is 1. The van der Waals surface area contributed by atoms with Crippen LogP contribution in [0.15, 0.2) is 22.7 Å². The smallest absolute Gasteiger partial charge is 0.234 e. The van der Waals surface area contributed by atoms with Gasteiger partial charge in [-0.2, -0.15) is 0 Å². The first-order valence-corrected chi connectivity index (χ1v) is 7.37. The molecule has 0 saturated carbocycles. The van der Waals surface area contributed by atoms with E-state index >= 15 is 0 Å². The van der Waals surface area contributed by atoms with Crippen LogP contribution in [0.4, 0.5) is 5.69 Å². The fraction of sp³-hybridized carbons (Fsp3) is 0.333. The van der Waals surface area contributed by atoms with Crippen LogP contribution in [0, 0.1) is 0 Å². The van der Waals surface area contributed by atoms with E-state index in [9.17, 15) is 8.42 Å².